The molecule has 0 bridgehead atoms. The van der Waals surface area contributed by atoms with Crippen LogP contribution in [0.4, 0.5) is 0 Å². The molecule has 0 aliphatic heterocycles. The summed E-state index contributed by atoms with van der Waals surface area (Å²) in [5.41, 5.74) is 3.04. The SMILES string of the molecule is Oc1ccc(CCc2cc(Oc3c(O)cc(CCc4cccc(O)c4)cc3O)c(O)cc2O)cc1. The summed E-state index contributed by atoms with van der Waals surface area (Å²) in [6.45, 7) is 0. The van der Waals surface area contributed by atoms with E-state index in [0.29, 0.717) is 36.8 Å². The van der Waals surface area contributed by atoms with Gasteiger partial charge in [-0.05, 0) is 90.4 Å². The van der Waals surface area contributed by atoms with E-state index >= 15 is 0 Å². The minimum atomic E-state index is -0.345. The molecule has 0 unspecified atom stereocenters. The first-order chi connectivity index (χ1) is 16.8. The minimum absolute atomic E-state index is 0.0263. The van der Waals surface area contributed by atoms with Crippen LogP contribution in [0.25, 0.3) is 0 Å². The fourth-order valence-electron chi connectivity index (χ4n) is 3.84. The number of benzene rings is 4. The molecule has 0 saturated carbocycles. The largest absolute Gasteiger partial charge is 0.508 e. The van der Waals surface area contributed by atoms with Gasteiger partial charge in [0.05, 0.1) is 0 Å². The van der Waals surface area contributed by atoms with Gasteiger partial charge < -0.3 is 35.4 Å². The number of rotatable bonds is 8. The maximum absolute atomic E-state index is 10.5. The van der Waals surface area contributed by atoms with Gasteiger partial charge in [0, 0.05) is 6.07 Å². The summed E-state index contributed by atoms with van der Waals surface area (Å²) in [4.78, 5) is 0. The van der Waals surface area contributed by atoms with E-state index in [1.807, 2.05) is 6.07 Å². The molecule has 180 valence electrons. The van der Waals surface area contributed by atoms with Gasteiger partial charge in [0.15, 0.2) is 23.0 Å². The van der Waals surface area contributed by atoms with Gasteiger partial charge in [-0.2, -0.15) is 0 Å². The summed E-state index contributed by atoms with van der Waals surface area (Å²) < 4.78 is 5.64. The van der Waals surface area contributed by atoms with Crippen LogP contribution >= 0.6 is 0 Å². The maximum Gasteiger partial charge on any atom is 0.210 e. The van der Waals surface area contributed by atoms with Gasteiger partial charge in [-0.25, -0.2) is 0 Å². The maximum atomic E-state index is 10.5. The van der Waals surface area contributed by atoms with Gasteiger partial charge in [0.25, 0.3) is 0 Å². The Kier molecular flexibility index (Phi) is 6.87. The first-order valence-corrected chi connectivity index (χ1v) is 11.1. The average Bonchev–Trinajstić information content (AvgIpc) is 2.81. The topological polar surface area (TPSA) is 131 Å². The van der Waals surface area contributed by atoms with Gasteiger partial charge in [0.2, 0.25) is 5.75 Å². The Morgan fingerprint density at radius 3 is 1.83 bits per heavy atom. The van der Waals surface area contributed by atoms with Gasteiger partial charge in [0.1, 0.15) is 17.2 Å². The summed E-state index contributed by atoms with van der Waals surface area (Å²) in [7, 11) is 0. The lowest BCUT2D eigenvalue weighted by atomic mass is 10.0. The molecule has 7 heteroatoms. The van der Waals surface area contributed by atoms with Gasteiger partial charge in [-0.15, -0.1) is 0 Å². The van der Waals surface area contributed by atoms with Crippen LogP contribution in [0.2, 0.25) is 0 Å². The molecule has 4 aromatic rings. The predicted molar refractivity (Wildman–Crippen MR) is 131 cm³/mol. The molecular formula is C28H26O7. The molecule has 4 aromatic carbocycles. The predicted octanol–water partition coefficient (Wildman–Crippen LogP) is 5.28. The molecule has 35 heavy (non-hydrogen) atoms. The quantitative estimate of drug-likeness (QED) is 0.205. The standard InChI is InChI=1S/C28H26O7/c29-21-10-7-17(8-11-21)6-9-20-15-27(24(32)16-23(20)31)35-28-25(33)13-19(14-26(28)34)5-4-18-2-1-3-22(30)12-18/h1-3,7-8,10-16,29-34H,4-6,9H2. The average molecular weight is 475 g/mol. The highest BCUT2D eigenvalue weighted by molar-refractivity contribution is 5.57. The van der Waals surface area contributed by atoms with E-state index in [0.717, 1.165) is 17.2 Å². The Bertz CT molecular complexity index is 1310. The van der Waals surface area contributed by atoms with Crippen molar-refractivity contribution in [2.24, 2.45) is 0 Å². The summed E-state index contributed by atoms with van der Waals surface area (Å²) in [5, 5.41) is 60.5. The Balaban J connectivity index is 1.49. The summed E-state index contributed by atoms with van der Waals surface area (Å²) in [6.07, 6.45) is 2.11. The van der Waals surface area contributed by atoms with Crippen molar-refractivity contribution in [3.8, 4) is 46.0 Å². The van der Waals surface area contributed by atoms with E-state index in [-0.39, 0.29) is 46.0 Å². The van der Waals surface area contributed by atoms with Gasteiger partial charge in [-0.1, -0.05) is 24.3 Å². The second-order valence-corrected chi connectivity index (χ2v) is 8.35. The second kappa shape index (κ2) is 10.2. The monoisotopic (exact) mass is 474 g/mol. The van der Waals surface area contributed by atoms with Crippen molar-refractivity contribution in [1.82, 2.24) is 0 Å². The highest BCUT2D eigenvalue weighted by atomic mass is 16.5. The number of hydrogen-bond acceptors (Lipinski definition) is 7. The van der Waals surface area contributed by atoms with E-state index in [1.165, 1.54) is 18.2 Å². The third kappa shape index (κ3) is 5.89. The van der Waals surface area contributed by atoms with E-state index in [9.17, 15) is 30.6 Å². The van der Waals surface area contributed by atoms with Crippen LogP contribution in [0.15, 0.2) is 72.8 Å². The Hall–Kier alpha value is -4.52. The summed E-state index contributed by atoms with van der Waals surface area (Å²) in [6, 6.07) is 19.2. The van der Waals surface area contributed by atoms with Crippen molar-refractivity contribution in [3.63, 3.8) is 0 Å². The highest BCUT2D eigenvalue weighted by Gasteiger charge is 2.17. The molecule has 6 N–H and O–H groups in total. The lowest BCUT2D eigenvalue weighted by molar-refractivity contribution is 0.357. The van der Waals surface area contributed by atoms with E-state index in [4.69, 9.17) is 4.74 Å². The minimum Gasteiger partial charge on any atom is -0.508 e. The van der Waals surface area contributed by atoms with Gasteiger partial charge >= 0.3 is 0 Å². The summed E-state index contributed by atoms with van der Waals surface area (Å²) in [5.74, 6) is -0.941. The molecule has 0 spiro atoms. The van der Waals surface area contributed by atoms with E-state index in [1.54, 1.807) is 42.5 Å². The van der Waals surface area contributed by atoms with Crippen molar-refractivity contribution in [2.75, 3.05) is 0 Å². The molecule has 0 aliphatic rings. The van der Waals surface area contributed by atoms with Crippen molar-refractivity contribution in [3.05, 3.63) is 95.1 Å². The number of phenols is 6. The number of aromatic hydroxyl groups is 6. The van der Waals surface area contributed by atoms with Crippen LogP contribution in [-0.2, 0) is 25.7 Å². The van der Waals surface area contributed by atoms with Gasteiger partial charge in [-0.3, -0.25) is 0 Å². The van der Waals surface area contributed by atoms with Crippen molar-refractivity contribution in [1.29, 1.82) is 0 Å². The normalized spacial score (nSPS) is 10.9. The zero-order chi connectivity index (χ0) is 24.9. The van der Waals surface area contributed by atoms with Crippen molar-refractivity contribution >= 4 is 0 Å². The Morgan fingerprint density at radius 2 is 1.14 bits per heavy atom. The number of phenolic OH excluding ortho intramolecular Hbond substituents is 6. The Morgan fingerprint density at radius 1 is 0.486 bits per heavy atom. The smallest absolute Gasteiger partial charge is 0.210 e. The molecular weight excluding hydrogens is 448 g/mol. The van der Waals surface area contributed by atoms with E-state index < -0.39 is 0 Å². The van der Waals surface area contributed by atoms with Crippen molar-refractivity contribution in [2.45, 2.75) is 25.7 Å². The third-order valence-corrected chi connectivity index (χ3v) is 5.71. The van der Waals surface area contributed by atoms with Crippen LogP contribution in [0, 0.1) is 0 Å². The molecule has 0 amide bonds. The van der Waals surface area contributed by atoms with E-state index in [2.05, 4.69) is 0 Å². The lowest BCUT2D eigenvalue weighted by Crippen LogP contribution is -1.95. The molecule has 0 aliphatic carbocycles. The first kappa shape index (κ1) is 23.6. The molecule has 0 heterocycles. The number of ether oxygens (including phenoxy) is 1. The van der Waals surface area contributed by atoms with Crippen LogP contribution in [0.5, 0.6) is 46.0 Å². The molecule has 7 nitrogen and oxygen atoms in total. The zero-order valence-corrected chi connectivity index (χ0v) is 18.8. The second-order valence-electron chi connectivity index (χ2n) is 8.35. The first-order valence-electron chi connectivity index (χ1n) is 11.1. The molecule has 0 saturated heterocycles. The molecule has 0 aromatic heterocycles. The molecule has 0 atom stereocenters. The fourth-order valence-corrected chi connectivity index (χ4v) is 3.84. The summed E-state index contributed by atoms with van der Waals surface area (Å²) >= 11 is 0. The highest BCUT2D eigenvalue weighted by Crippen LogP contribution is 2.44. The lowest BCUT2D eigenvalue weighted by Gasteiger charge is -2.14. The third-order valence-electron chi connectivity index (χ3n) is 5.71. The van der Waals surface area contributed by atoms with Crippen LogP contribution < -0.4 is 4.74 Å². The number of hydrogen-bond donors (Lipinski definition) is 6. The molecule has 0 radical (unpaired) electrons. The number of aryl methyl sites for hydroxylation is 4. The molecule has 0 fully saturated rings. The zero-order valence-electron chi connectivity index (χ0n) is 18.8. The fraction of sp³-hybridized carbons (Fsp3) is 0.143. The van der Waals surface area contributed by atoms with Crippen LogP contribution in [-0.4, -0.2) is 30.6 Å². The van der Waals surface area contributed by atoms with Crippen LogP contribution in [0.3, 0.4) is 0 Å². The molecule has 4 rings (SSSR count). The van der Waals surface area contributed by atoms with Crippen molar-refractivity contribution < 1.29 is 35.4 Å². The van der Waals surface area contributed by atoms with Crippen LogP contribution in [0.1, 0.15) is 22.3 Å². The Labute approximate surface area is 202 Å².